The number of quaternary nitrogens is 1. The van der Waals surface area contributed by atoms with Crippen molar-refractivity contribution in [1.82, 2.24) is 0 Å². The van der Waals surface area contributed by atoms with Gasteiger partial charge in [0.05, 0.1) is 14.1 Å². The van der Waals surface area contributed by atoms with Crippen LogP contribution < -0.4 is 0 Å². The van der Waals surface area contributed by atoms with Gasteiger partial charge >= 0.3 is 5.97 Å². The van der Waals surface area contributed by atoms with Gasteiger partial charge < -0.3 is 14.7 Å². The van der Waals surface area contributed by atoms with E-state index in [2.05, 4.69) is 6.92 Å². The Hall–Kier alpha value is -0.610. The molecule has 0 radical (unpaired) electrons. The highest BCUT2D eigenvalue weighted by molar-refractivity contribution is 5.67. The molecule has 1 unspecified atom stereocenters. The van der Waals surface area contributed by atoms with Gasteiger partial charge in [0.15, 0.2) is 6.54 Å². The Bertz CT molecular complexity index is 384. The smallest absolute Gasteiger partial charge is 0.359 e. The lowest BCUT2D eigenvalue weighted by Gasteiger charge is -2.30. The average molecular weight is 429 g/mol. The second-order valence-corrected chi connectivity index (χ2v) is 10.1. The van der Waals surface area contributed by atoms with Crippen molar-refractivity contribution in [3.63, 3.8) is 0 Å². The van der Waals surface area contributed by atoms with Gasteiger partial charge in [0.1, 0.15) is 12.6 Å². The standard InChI is InChI=1S/C26H53NO3/c1-4-5-6-7-8-9-10-11-12-13-14-15-16-17-18-19-20-21-22-25(28)23-27(2,3)24-26(29)30/h25,28H,4-24H2,1-3H3/p+1. The monoisotopic (exact) mass is 428 g/mol. The van der Waals surface area contributed by atoms with E-state index in [0.29, 0.717) is 11.0 Å². The number of hydrogen-bond donors (Lipinski definition) is 2. The van der Waals surface area contributed by atoms with E-state index >= 15 is 0 Å². The summed E-state index contributed by atoms with van der Waals surface area (Å²) >= 11 is 0. The number of aliphatic carboxylic acids is 1. The van der Waals surface area contributed by atoms with Crippen molar-refractivity contribution in [3.8, 4) is 0 Å². The van der Waals surface area contributed by atoms with E-state index in [4.69, 9.17) is 5.11 Å². The third-order valence-electron chi connectivity index (χ3n) is 6.16. The highest BCUT2D eigenvalue weighted by atomic mass is 16.4. The van der Waals surface area contributed by atoms with Gasteiger partial charge in [0.25, 0.3) is 0 Å². The van der Waals surface area contributed by atoms with Crippen LogP contribution in [0.2, 0.25) is 0 Å². The highest BCUT2D eigenvalue weighted by Crippen LogP contribution is 2.15. The Morgan fingerprint density at radius 1 is 0.667 bits per heavy atom. The Morgan fingerprint density at radius 2 is 1.00 bits per heavy atom. The van der Waals surface area contributed by atoms with Crippen molar-refractivity contribution in [2.24, 2.45) is 0 Å². The number of unbranched alkanes of at least 4 members (excludes halogenated alkanes) is 17. The van der Waals surface area contributed by atoms with Gasteiger partial charge in [-0.15, -0.1) is 0 Å². The third kappa shape index (κ3) is 22.1. The number of hydrogen-bond acceptors (Lipinski definition) is 2. The summed E-state index contributed by atoms with van der Waals surface area (Å²) < 4.78 is 0.343. The molecule has 0 aromatic rings. The summed E-state index contributed by atoms with van der Waals surface area (Å²) in [6, 6.07) is 0. The van der Waals surface area contributed by atoms with Crippen LogP contribution >= 0.6 is 0 Å². The molecule has 0 rings (SSSR count). The third-order valence-corrected chi connectivity index (χ3v) is 6.16. The normalized spacial score (nSPS) is 12.9. The summed E-state index contributed by atoms with van der Waals surface area (Å²) in [5, 5.41) is 19.0. The number of aliphatic hydroxyl groups is 1. The van der Waals surface area contributed by atoms with Crippen molar-refractivity contribution in [1.29, 1.82) is 0 Å². The SMILES string of the molecule is CCCCCCCCCCCCCCCCCCCCC(O)C[N+](C)(C)CC(=O)O. The van der Waals surface area contributed by atoms with E-state index in [1.165, 1.54) is 109 Å². The van der Waals surface area contributed by atoms with Gasteiger partial charge in [0.2, 0.25) is 0 Å². The molecular formula is C26H54NO3+. The molecule has 4 heteroatoms. The van der Waals surface area contributed by atoms with Crippen LogP contribution in [-0.4, -0.2) is 54.0 Å². The van der Waals surface area contributed by atoms with E-state index in [0.717, 1.165) is 12.8 Å². The molecule has 0 aromatic carbocycles. The molecule has 0 aliphatic heterocycles. The highest BCUT2D eigenvalue weighted by Gasteiger charge is 2.23. The average Bonchev–Trinajstić information content (AvgIpc) is 2.65. The Kier molecular flexibility index (Phi) is 19.9. The molecule has 4 nitrogen and oxygen atoms in total. The second-order valence-electron chi connectivity index (χ2n) is 10.1. The number of aliphatic hydroxyl groups excluding tert-OH is 1. The van der Waals surface area contributed by atoms with Gasteiger partial charge in [-0.3, -0.25) is 0 Å². The fraction of sp³-hybridized carbons (Fsp3) is 0.962. The topological polar surface area (TPSA) is 57.5 Å². The van der Waals surface area contributed by atoms with Crippen molar-refractivity contribution in [2.75, 3.05) is 27.2 Å². The first-order valence-corrected chi connectivity index (χ1v) is 13.1. The number of nitrogens with zero attached hydrogens (tertiary/aromatic N) is 1. The van der Waals surface area contributed by atoms with Crippen LogP contribution in [0.1, 0.15) is 129 Å². The van der Waals surface area contributed by atoms with Crippen LogP contribution in [0.5, 0.6) is 0 Å². The van der Waals surface area contributed by atoms with Crippen LogP contribution in [0.4, 0.5) is 0 Å². The van der Waals surface area contributed by atoms with E-state index < -0.39 is 5.97 Å². The molecule has 0 heterocycles. The largest absolute Gasteiger partial charge is 0.477 e. The van der Waals surface area contributed by atoms with Gasteiger partial charge in [-0.05, 0) is 6.42 Å². The summed E-state index contributed by atoms with van der Waals surface area (Å²) in [6.45, 7) is 2.87. The first kappa shape index (κ1) is 29.4. The lowest BCUT2D eigenvalue weighted by atomic mass is 10.0. The maximum absolute atomic E-state index is 10.8. The van der Waals surface area contributed by atoms with Crippen LogP contribution in [0.3, 0.4) is 0 Å². The zero-order valence-corrected chi connectivity index (χ0v) is 20.7. The molecular weight excluding hydrogens is 374 g/mol. The second kappa shape index (κ2) is 20.3. The molecule has 0 aliphatic carbocycles. The van der Waals surface area contributed by atoms with Crippen molar-refractivity contribution >= 4 is 5.97 Å². The van der Waals surface area contributed by atoms with Gasteiger partial charge in [-0.1, -0.05) is 122 Å². The van der Waals surface area contributed by atoms with Gasteiger partial charge in [-0.25, -0.2) is 4.79 Å². The molecule has 1 atom stereocenters. The number of rotatable bonds is 23. The van der Waals surface area contributed by atoms with Crippen LogP contribution in [0.15, 0.2) is 0 Å². The molecule has 0 saturated heterocycles. The summed E-state index contributed by atoms with van der Waals surface area (Å²) in [5.74, 6) is -0.805. The van der Waals surface area contributed by atoms with Crippen LogP contribution in [-0.2, 0) is 4.79 Å². The zero-order chi connectivity index (χ0) is 22.5. The minimum absolute atomic E-state index is 0.0657. The first-order valence-electron chi connectivity index (χ1n) is 13.1. The van der Waals surface area contributed by atoms with E-state index in [1.54, 1.807) is 0 Å². The predicted molar refractivity (Wildman–Crippen MR) is 129 cm³/mol. The summed E-state index contributed by atoms with van der Waals surface area (Å²) in [7, 11) is 3.74. The summed E-state index contributed by atoms with van der Waals surface area (Å²) in [6.07, 6.45) is 25.0. The van der Waals surface area contributed by atoms with E-state index in [-0.39, 0.29) is 12.6 Å². The minimum atomic E-state index is -0.805. The molecule has 2 N–H and O–H groups in total. The maximum Gasteiger partial charge on any atom is 0.359 e. The lowest BCUT2D eigenvalue weighted by molar-refractivity contribution is -0.886. The molecule has 0 aliphatic rings. The van der Waals surface area contributed by atoms with Gasteiger partial charge in [0, 0.05) is 0 Å². The summed E-state index contributed by atoms with van der Waals surface area (Å²) in [4.78, 5) is 10.8. The van der Waals surface area contributed by atoms with Crippen molar-refractivity contribution in [2.45, 2.75) is 135 Å². The number of carboxylic acids is 1. The van der Waals surface area contributed by atoms with Crippen molar-refractivity contribution in [3.05, 3.63) is 0 Å². The molecule has 0 fully saturated rings. The van der Waals surface area contributed by atoms with E-state index in [9.17, 15) is 9.90 Å². The molecule has 180 valence electrons. The molecule has 0 aromatic heterocycles. The fourth-order valence-corrected chi connectivity index (χ4v) is 4.37. The Balaban J connectivity index is 3.27. The quantitative estimate of drug-likeness (QED) is 0.137. The lowest BCUT2D eigenvalue weighted by Crippen LogP contribution is -2.48. The predicted octanol–water partition coefficient (Wildman–Crippen LogP) is 6.94. The van der Waals surface area contributed by atoms with E-state index in [1.807, 2.05) is 14.1 Å². The molecule has 30 heavy (non-hydrogen) atoms. The van der Waals surface area contributed by atoms with Gasteiger partial charge in [-0.2, -0.15) is 0 Å². The molecule has 0 amide bonds. The van der Waals surface area contributed by atoms with Crippen molar-refractivity contribution < 1.29 is 19.5 Å². The molecule has 0 spiro atoms. The zero-order valence-electron chi connectivity index (χ0n) is 20.7. The number of carboxylic acid groups (broad SMARTS) is 1. The maximum atomic E-state index is 10.8. The molecule has 0 bridgehead atoms. The van der Waals surface area contributed by atoms with Crippen LogP contribution in [0, 0.1) is 0 Å². The van der Waals surface area contributed by atoms with Crippen LogP contribution in [0.25, 0.3) is 0 Å². The Morgan fingerprint density at radius 3 is 1.33 bits per heavy atom. The first-order chi connectivity index (χ1) is 14.4. The number of likely N-dealkylation sites (N-methyl/N-ethyl adjacent to an activating group) is 1. The molecule has 0 saturated carbocycles. The fourth-order valence-electron chi connectivity index (χ4n) is 4.37. The number of carbonyl (C=O) groups is 1. The summed E-state index contributed by atoms with van der Waals surface area (Å²) in [5.41, 5.74) is 0. The minimum Gasteiger partial charge on any atom is -0.477 e. The Labute approximate surface area is 188 Å².